The first-order chi connectivity index (χ1) is 7.84. The Morgan fingerprint density at radius 1 is 1.29 bits per heavy atom. The third-order valence-electron chi connectivity index (χ3n) is 2.29. The molecule has 0 saturated carbocycles. The number of benzene rings is 1. The van der Waals surface area contributed by atoms with Crippen molar-refractivity contribution in [3.63, 3.8) is 0 Å². The van der Waals surface area contributed by atoms with Gasteiger partial charge in [-0.05, 0) is 24.6 Å². The summed E-state index contributed by atoms with van der Waals surface area (Å²) in [5.74, 6) is 0. The van der Waals surface area contributed by atoms with E-state index in [4.69, 9.17) is 22.1 Å². The zero-order valence-electron chi connectivity index (χ0n) is 9.17. The molecule has 2 nitrogen and oxygen atoms in total. The molecule has 2 N–H and O–H groups in total. The molecular weight excluding hydrogens is 255 g/mol. The molecule has 2 unspecified atom stereocenters. The highest BCUT2D eigenvalue weighted by Gasteiger charge is 2.38. The second-order valence-electron chi connectivity index (χ2n) is 3.60. The van der Waals surface area contributed by atoms with Crippen LogP contribution in [-0.4, -0.2) is 18.8 Å². The summed E-state index contributed by atoms with van der Waals surface area (Å²) in [5.41, 5.74) is 5.99. The number of alkyl halides is 3. The molecule has 1 rings (SSSR count). The predicted molar refractivity (Wildman–Crippen MR) is 59.8 cm³/mol. The summed E-state index contributed by atoms with van der Waals surface area (Å²) in [5, 5.41) is 0.508. The lowest BCUT2D eigenvalue weighted by atomic mass is 10.1. The third kappa shape index (κ3) is 4.18. The lowest BCUT2D eigenvalue weighted by Crippen LogP contribution is -2.32. The molecule has 0 fully saturated rings. The van der Waals surface area contributed by atoms with Gasteiger partial charge >= 0.3 is 6.18 Å². The molecule has 17 heavy (non-hydrogen) atoms. The number of hydrogen-bond donors (Lipinski definition) is 1. The van der Waals surface area contributed by atoms with Gasteiger partial charge in [0.05, 0.1) is 6.10 Å². The Bertz CT molecular complexity index is 353. The first-order valence-corrected chi connectivity index (χ1v) is 5.40. The molecule has 1 aromatic carbocycles. The summed E-state index contributed by atoms with van der Waals surface area (Å²) < 4.78 is 41.9. The lowest BCUT2D eigenvalue weighted by molar-refractivity contribution is -0.226. The minimum absolute atomic E-state index is 0.0257. The van der Waals surface area contributed by atoms with Gasteiger partial charge in [-0.1, -0.05) is 23.7 Å². The van der Waals surface area contributed by atoms with Crippen molar-refractivity contribution in [2.75, 3.05) is 6.54 Å². The fraction of sp³-hybridized carbons (Fsp3) is 0.455. The molecular formula is C11H13ClF3NO. The van der Waals surface area contributed by atoms with E-state index in [-0.39, 0.29) is 6.54 Å². The van der Waals surface area contributed by atoms with Gasteiger partial charge in [-0.15, -0.1) is 0 Å². The van der Waals surface area contributed by atoms with Crippen molar-refractivity contribution in [3.8, 4) is 0 Å². The fourth-order valence-electron chi connectivity index (χ4n) is 1.27. The maximum atomic E-state index is 12.3. The van der Waals surface area contributed by atoms with Crippen molar-refractivity contribution in [1.82, 2.24) is 0 Å². The lowest BCUT2D eigenvalue weighted by Gasteiger charge is -2.23. The van der Waals surface area contributed by atoms with Crippen molar-refractivity contribution in [2.24, 2.45) is 5.73 Å². The van der Waals surface area contributed by atoms with Crippen molar-refractivity contribution in [2.45, 2.75) is 25.3 Å². The second-order valence-corrected chi connectivity index (χ2v) is 4.03. The Morgan fingerprint density at radius 2 is 1.82 bits per heavy atom. The summed E-state index contributed by atoms with van der Waals surface area (Å²) in [6.45, 7) is 0.931. The van der Waals surface area contributed by atoms with Crippen molar-refractivity contribution < 1.29 is 17.9 Å². The van der Waals surface area contributed by atoms with Crippen LogP contribution < -0.4 is 5.73 Å². The topological polar surface area (TPSA) is 35.2 Å². The molecule has 2 atom stereocenters. The van der Waals surface area contributed by atoms with Crippen LogP contribution in [0.3, 0.4) is 0 Å². The van der Waals surface area contributed by atoms with Crippen LogP contribution in [0, 0.1) is 0 Å². The second kappa shape index (κ2) is 5.71. The quantitative estimate of drug-likeness (QED) is 0.908. The van der Waals surface area contributed by atoms with Crippen LogP contribution in [0.5, 0.6) is 0 Å². The maximum Gasteiger partial charge on any atom is 0.414 e. The minimum atomic E-state index is -4.39. The zero-order chi connectivity index (χ0) is 13.1. The standard InChI is InChI=1S/C11H13ClF3NO/c1-7(11(13,14)15)17-10(6-16)8-2-4-9(12)5-3-8/h2-5,7,10H,6,16H2,1H3. The van der Waals surface area contributed by atoms with Gasteiger partial charge in [0.1, 0.15) is 0 Å². The summed E-state index contributed by atoms with van der Waals surface area (Å²) in [4.78, 5) is 0. The van der Waals surface area contributed by atoms with E-state index in [1.54, 1.807) is 24.3 Å². The molecule has 0 amide bonds. The van der Waals surface area contributed by atoms with Crippen LogP contribution in [0.15, 0.2) is 24.3 Å². The molecule has 96 valence electrons. The predicted octanol–water partition coefficient (Wildman–Crippen LogP) is 3.31. The van der Waals surface area contributed by atoms with Crippen LogP contribution in [0.1, 0.15) is 18.6 Å². The van der Waals surface area contributed by atoms with Crippen molar-refractivity contribution in [1.29, 1.82) is 0 Å². The van der Waals surface area contributed by atoms with Crippen LogP contribution in [-0.2, 0) is 4.74 Å². The first-order valence-electron chi connectivity index (χ1n) is 5.02. The van der Waals surface area contributed by atoms with Gasteiger partial charge < -0.3 is 10.5 Å². The van der Waals surface area contributed by atoms with Gasteiger partial charge in [0.2, 0.25) is 0 Å². The number of ether oxygens (including phenoxy) is 1. The Morgan fingerprint density at radius 3 is 2.24 bits per heavy atom. The molecule has 0 heterocycles. The van der Waals surface area contributed by atoms with E-state index in [2.05, 4.69) is 0 Å². The number of rotatable bonds is 4. The molecule has 0 aromatic heterocycles. The minimum Gasteiger partial charge on any atom is -0.360 e. The average molecular weight is 268 g/mol. The summed E-state index contributed by atoms with van der Waals surface area (Å²) in [7, 11) is 0. The third-order valence-corrected chi connectivity index (χ3v) is 2.54. The smallest absolute Gasteiger partial charge is 0.360 e. The normalized spacial score (nSPS) is 15.6. The highest BCUT2D eigenvalue weighted by molar-refractivity contribution is 6.30. The molecule has 6 heteroatoms. The monoisotopic (exact) mass is 267 g/mol. The van der Waals surface area contributed by atoms with Crippen LogP contribution in [0.25, 0.3) is 0 Å². The van der Waals surface area contributed by atoms with Gasteiger partial charge in [-0.3, -0.25) is 0 Å². The van der Waals surface area contributed by atoms with Crippen molar-refractivity contribution >= 4 is 11.6 Å². The molecule has 0 aliphatic rings. The maximum absolute atomic E-state index is 12.3. The van der Waals surface area contributed by atoms with E-state index in [1.807, 2.05) is 0 Å². The highest BCUT2D eigenvalue weighted by atomic mass is 35.5. The van der Waals surface area contributed by atoms with Gasteiger partial charge in [0.25, 0.3) is 0 Å². The Balaban J connectivity index is 2.75. The van der Waals surface area contributed by atoms with E-state index in [0.717, 1.165) is 6.92 Å². The van der Waals surface area contributed by atoms with E-state index in [1.165, 1.54) is 0 Å². The fourth-order valence-corrected chi connectivity index (χ4v) is 1.40. The SMILES string of the molecule is CC(OC(CN)c1ccc(Cl)cc1)C(F)(F)F. The number of hydrogen-bond acceptors (Lipinski definition) is 2. The summed E-state index contributed by atoms with van der Waals surface area (Å²) >= 11 is 5.69. The molecule has 0 saturated heterocycles. The molecule has 0 spiro atoms. The highest BCUT2D eigenvalue weighted by Crippen LogP contribution is 2.28. The van der Waals surface area contributed by atoms with Gasteiger partial charge in [0, 0.05) is 11.6 Å². The first kappa shape index (κ1) is 14.3. The molecule has 0 bridgehead atoms. The molecule has 0 radical (unpaired) electrons. The van der Waals surface area contributed by atoms with E-state index in [9.17, 15) is 13.2 Å². The van der Waals surface area contributed by atoms with Crippen LogP contribution in [0.2, 0.25) is 5.02 Å². The van der Waals surface area contributed by atoms with Gasteiger partial charge in [-0.2, -0.15) is 13.2 Å². The zero-order valence-corrected chi connectivity index (χ0v) is 9.92. The Kier molecular flexibility index (Phi) is 4.80. The molecule has 0 aliphatic carbocycles. The summed E-state index contributed by atoms with van der Waals surface area (Å²) in [6, 6.07) is 6.37. The molecule has 1 aromatic rings. The summed E-state index contributed by atoms with van der Waals surface area (Å²) in [6.07, 6.45) is -7.03. The Hall–Kier alpha value is -0.780. The van der Waals surface area contributed by atoms with Crippen LogP contribution >= 0.6 is 11.6 Å². The van der Waals surface area contributed by atoms with E-state index in [0.29, 0.717) is 10.6 Å². The van der Waals surface area contributed by atoms with Crippen molar-refractivity contribution in [3.05, 3.63) is 34.9 Å². The van der Waals surface area contributed by atoms with Crippen LogP contribution in [0.4, 0.5) is 13.2 Å². The average Bonchev–Trinajstić information content (AvgIpc) is 2.25. The van der Waals surface area contributed by atoms with E-state index < -0.39 is 18.4 Å². The molecule has 0 aliphatic heterocycles. The van der Waals surface area contributed by atoms with Gasteiger partial charge in [0.15, 0.2) is 6.10 Å². The number of halogens is 4. The van der Waals surface area contributed by atoms with E-state index >= 15 is 0 Å². The van der Waals surface area contributed by atoms with Gasteiger partial charge in [-0.25, -0.2) is 0 Å². The largest absolute Gasteiger partial charge is 0.414 e. The number of nitrogens with two attached hydrogens (primary N) is 1. The Labute approximate surface area is 103 Å².